The predicted octanol–water partition coefficient (Wildman–Crippen LogP) is 3.42. The zero-order chi connectivity index (χ0) is 15.5. The first-order valence-electron chi connectivity index (χ1n) is 6.33. The van der Waals surface area contributed by atoms with Gasteiger partial charge in [0.2, 0.25) is 0 Å². The SMILES string of the molecule is C=C(CN(C)C)c1cc(C#CC(C)(C)C)sc1C(=O)O. The highest BCUT2D eigenvalue weighted by atomic mass is 32.1. The topological polar surface area (TPSA) is 40.5 Å². The van der Waals surface area contributed by atoms with E-state index >= 15 is 0 Å². The summed E-state index contributed by atoms with van der Waals surface area (Å²) < 4.78 is 0. The Kier molecular flexibility index (Phi) is 5.15. The standard InChI is InChI=1S/C16H21NO2S/c1-11(10-17(5)6)13-9-12(7-8-16(2,3)4)20-14(13)15(18)19/h9H,1,10H2,2-6H3,(H,18,19). The maximum atomic E-state index is 11.3. The van der Waals surface area contributed by atoms with Crippen LogP contribution in [0.25, 0.3) is 5.57 Å². The van der Waals surface area contributed by atoms with Crippen molar-refractivity contribution in [1.29, 1.82) is 0 Å². The van der Waals surface area contributed by atoms with Crippen LogP contribution in [0.1, 0.15) is 40.9 Å². The third-order valence-electron chi connectivity index (χ3n) is 2.38. The molecule has 0 aliphatic rings. The van der Waals surface area contributed by atoms with Gasteiger partial charge in [-0.25, -0.2) is 4.79 Å². The summed E-state index contributed by atoms with van der Waals surface area (Å²) in [6.07, 6.45) is 0. The zero-order valence-electron chi connectivity index (χ0n) is 12.7. The third kappa shape index (κ3) is 4.84. The first-order valence-corrected chi connectivity index (χ1v) is 7.15. The molecule has 0 spiro atoms. The van der Waals surface area contributed by atoms with Crippen molar-refractivity contribution in [2.75, 3.05) is 20.6 Å². The van der Waals surface area contributed by atoms with E-state index in [1.165, 1.54) is 11.3 Å². The van der Waals surface area contributed by atoms with Crippen LogP contribution in [0, 0.1) is 17.3 Å². The molecular weight excluding hydrogens is 270 g/mol. The molecule has 1 aromatic rings. The number of hydrogen-bond acceptors (Lipinski definition) is 3. The minimum atomic E-state index is -0.922. The summed E-state index contributed by atoms with van der Waals surface area (Å²) in [5.41, 5.74) is 1.38. The van der Waals surface area contributed by atoms with Crippen molar-refractivity contribution in [3.8, 4) is 11.8 Å². The highest BCUT2D eigenvalue weighted by molar-refractivity contribution is 7.14. The summed E-state index contributed by atoms with van der Waals surface area (Å²) >= 11 is 1.21. The van der Waals surface area contributed by atoms with Crippen LogP contribution < -0.4 is 0 Å². The number of carbonyl (C=O) groups is 1. The summed E-state index contributed by atoms with van der Waals surface area (Å²) in [5.74, 6) is 5.26. The van der Waals surface area contributed by atoms with Gasteiger partial charge in [-0.15, -0.1) is 11.3 Å². The Morgan fingerprint density at radius 3 is 2.50 bits per heavy atom. The Bertz CT molecular complexity index is 580. The fourth-order valence-corrected chi connectivity index (χ4v) is 2.49. The number of likely N-dealkylation sites (N-methyl/N-ethyl adjacent to an activating group) is 1. The number of hydrogen-bond donors (Lipinski definition) is 1. The maximum absolute atomic E-state index is 11.3. The van der Waals surface area contributed by atoms with Crippen LogP contribution in [0.3, 0.4) is 0 Å². The van der Waals surface area contributed by atoms with Crippen molar-refractivity contribution in [3.05, 3.63) is 28.0 Å². The molecule has 0 saturated carbocycles. The molecule has 0 radical (unpaired) electrons. The van der Waals surface area contributed by atoms with Gasteiger partial charge in [0.15, 0.2) is 0 Å². The minimum Gasteiger partial charge on any atom is -0.477 e. The zero-order valence-corrected chi connectivity index (χ0v) is 13.5. The average molecular weight is 291 g/mol. The second kappa shape index (κ2) is 6.25. The third-order valence-corrected chi connectivity index (χ3v) is 3.41. The molecule has 0 atom stereocenters. The van der Waals surface area contributed by atoms with Gasteiger partial charge in [-0.1, -0.05) is 18.4 Å². The molecule has 1 rings (SSSR count). The fourth-order valence-electron chi connectivity index (χ4n) is 1.59. The van der Waals surface area contributed by atoms with Crippen molar-refractivity contribution in [1.82, 2.24) is 4.90 Å². The summed E-state index contributed by atoms with van der Waals surface area (Å²) in [6.45, 7) is 10.7. The highest BCUT2D eigenvalue weighted by Crippen LogP contribution is 2.28. The van der Waals surface area contributed by atoms with E-state index in [9.17, 15) is 9.90 Å². The Morgan fingerprint density at radius 1 is 1.45 bits per heavy atom. The summed E-state index contributed by atoms with van der Waals surface area (Å²) in [6, 6.07) is 1.83. The second-order valence-electron chi connectivity index (χ2n) is 6.00. The average Bonchev–Trinajstić information content (AvgIpc) is 2.68. The molecule has 0 aromatic carbocycles. The van der Waals surface area contributed by atoms with Gasteiger partial charge >= 0.3 is 5.97 Å². The van der Waals surface area contributed by atoms with E-state index in [2.05, 4.69) is 18.4 Å². The molecule has 108 valence electrons. The molecule has 0 amide bonds. The van der Waals surface area contributed by atoms with Crippen molar-refractivity contribution < 1.29 is 9.90 Å². The molecule has 0 unspecified atom stereocenters. The van der Waals surface area contributed by atoms with Crippen molar-refractivity contribution in [3.63, 3.8) is 0 Å². The lowest BCUT2D eigenvalue weighted by Gasteiger charge is -2.11. The van der Waals surface area contributed by atoms with Crippen LogP contribution >= 0.6 is 11.3 Å². The summed E-state index contributed by atoms with van der Waals surface area (Å²) in [4.78, 5) is 14.4. The minimum absolute atomic E-state index is 0.103. The van der Waals surface area contributed by atoms with Gasteiger partial charge in [-0.3, -0.25) is 0 Å². The highest BCUT2D eigenvalue weighted by Gasteiger charge is 2.17. The number of aromatic carboxylic acids is 1. The van der Waals surface area contributed by atoms with Gasteiger partial charge in [0.05, 0.1) is 4.88 Å². The van der Waals surface area contributed by atoms with E-state index in [4.69, 9.17) is 0 Å². The van der Waals surface area contributed by atoms with Crippen LogP contribution in [-0.4, -0.2) is 36.6 Å². The fraction of sp³-hybridized carbons (Fsp3) is 0.438. The number of thiophene rings is 1. The van der Waals surface area contributed by atoms with E-state index in [1.54, 1.807) is 0 Å². The lowest BCUT2D eigenvalue weighted by atomic mass is 9.98. The quantitative estimate of drug-likeness (QED) is 0.864. The number of carboxylic acids is 1. The second-order valence-corrected chi connectivity index (χ2v) is 7.05. The smallest absolute Gasteiger partial charge is 0.346 e. The molecule has 0 saturated heterocycles. The van der Waals surface area contributed by atoms with Gasteiger partial charge < -0.3 is 10.0 Å². The molecule has 1 aromatic heterocycles. The van der Waals surface area contributed by atoms with Gasteiger partial charge in [0.25, 0.3) is 0 Å². The van der Waals surface area contributed by atoms with E-state index in [0.717, 1.165) is 10.5 Å². The van der Waals surface area contributed by atoms with E-state index in [-0.39, 0.29) is 5.41 Å². The van der Waals surface area contributed by atoms with Crippen LogP contribution in [0.4, 0.5) is 0 Å². The molecule has 0 aliphatic carbocycles. The molecular formula is C16H21NO2S. The molecule has 1 N–H and O–H groups in total. The van der Waals surface area contributed by atoms with Crippen molar-refractivity contribution in [2.45, 2.75) is 20.8 Å². The Morgan fingerprint density at radius 2 is 2.05 bits per heavy atom. The van der Waals surface area contributed by atoms with Gasteiger partial charge in [0, 0.05) is 17.5 Å². The first kappa shape index (κ1) is 16.5. The largest absolute Gasteiger partial charge is 0.477 e. The number of nitrogens with zero attached hydrogens (tertiary/aromatic N) is 1. The molecule has 3 nitrogen and oxygen atoms in total. The Hall–Kier alpha value is -1.57. The molecule has 1 heterocycles. The normalized spacial score (nSPS) is 11.1. The predicted molar refractivity (Wildman–Crippen MR) is 85.2 cm³/mol. The maximum Gasteiger partial charge on any atom is 0.346 e. The van der Waals surface area contributed by atoms with Crippen LogP contribution in [0.2, 0.25) is 0 Å². The van der Waals surface area contributed by atoms with Crippen LogP contribution in [0.15, 0.2) is 12.6 Å². The van der Waals surface area contributed by atoms with Crippen LogP contribution in [0.5, 0.6) is 0 Å². The van der Waals surface area contributed by atoms with Crippen LogP contribution in [-0.2, 0) is 0 Å². The molecule has 4 heteroatoms. The van der Waals surface area contributed by atoms with E-state index in [1.807, 2.05) is 45.8 Å². The van der Waals surface area contributed by atoms with E-state index in [0.29, 0.717) is 17.0 Å². The molecule has 0 fully saturated rings. The van der Waals surface area contributed by atoms with Gasteiger partial charge in [0.1, 0.15) is 4.88 Å². The van der Waals surface area contributed by atoms with Crippen molar-refractivity contribution >= 4 is 22.9 Å². The number of rotatable bonds is 4. The Balaban J connectivity index is 3.17. The Labute approximate surface area is 124 Å². The lowest BCUT2D eigenvalue weighted by Crippen LogP contribution is -2.14. The van der Waals surface area contributed by atoms with Gasteiger partial charge in [-0.2, -0.15) is 0 Å². The molecule has 20 heavy (non-hydrogen) atoms. The monoisotopic (exact) mass is 291 g/mol. The van der Waals surface area contributed by atoms with E-state index < -0.39 is 5.97 Å². The molecule has 0 bridgehead atoms. The van der Waals surface area contributed by atoms with Crippen molar-refractivity contribution in [2.24, 2.45) is 5.41 Å². The summed E-state index contributed by atoms with van der Waals surface area (Å²) in [7, 11) is 3.86. The summed E-state index contributed by atoms with van der Waals surface area (Å²) in [5, 5.41) is 9.30. The molecule has 0 aliphatic heterocycles. The van der Waals surface area contributed by atoms with Gasteiger partial charge in [-0.05, 0) is 46.5 Å². The lowest BCUT2D eigenvalue weighted by molar-refractivity contribution is 0.0702. The number of carboxylic acid groups (broad SMARTS) is 1. The first-order chi connectivity index (χ1) is 9.10.